The Bertz CT molecular complexity index is 305. The molecule has 12 heavy (non-hydrogen) atoms. The predicted molar refractivity (Wildman–Crippen MR) is 37.6 cm³/mol. The first kappa shape index (κ1) is 11.7. The van der Waals surface area contributed by atoms with Crippen LogP contribution in [0.3, 0.4) is 0 Å². The number of rotatable bonds is 1. The van der Waals surface area contributed by atoms with E-state index in [1.165, 1.54) is 18.2 Å². The van der Waals surface area contributed by atoms with Gasteiger partial charge in [-0.1, -0.05) is 29.5 Å². The van der Waals surface area contributed by atoms with Crippen LogP contribution < -0.4 is 34.7 Å². The molecule has 0 aromatic heterocycles. The van der Waals surface area contributed by atoms with Crippen molar-refractivity contribution < 1.29 is 39.6 Å². The summed E-state index contributed by atoms with van der Waals surface area (Å²) < 4.78 is 0. The van der Waals surface area contributed by atoms with Crippen LogP contribution >= 0.6 is 11.6 Å². The first-order valence-corrected chi connectivity index (χ1v) is 3.10. The minimum atomic E-state index is -0.691. The Morgan fingerprint density at radius 3 is 2.42 bits per heavy atom. The van der Waals surface area contributed by atoms with Crippen molar-refractivity contribution in [3.05, 3.63) is 33.3 Å². The summed E-state index contributed by atoms with van der Waals surface area (Å²) in [6.45, 7) is 0. The average molecular weight is 196 g/mol. The molecule has 0 unspecified atom stereocenters. The smallest absolute Gasteiger partial charge is 0.871 e. The first-order valence-electron chi connectivity index (χ1n) is 2.73. The summed E-state index contributed by atoms with van der Waals surface area (Å²) in [7, 11) is 0. The molecule has 0 aliphatic heterocycles. The molecule has 1 aromatic carbocycles. The monoisotopic (exact) mass is 195 g/mol. The van der Waals surface area contributed by atoms with E-state index in [4.69, 9.17) is 11.6 Å². The van der Waals surface area contributed by atoms with Crippen molar-refractivity contribution in [3.63, 3.8) is 0 Å². The summed E-state index contributed by atoms with van der Waals surface area (Å²) in [4.78, 5) is 9.47. The normalized spacial score (nSPS) is 8.75. The van der Waals surface area contributed by atoms with Crippen LogP contribution in [-0.2, 0) is 0 Å². The summed E-state index contributed by atoms with van der Waals surface area (Å²) in [5, 5.41) is 20.5. The molecule has 0 amide bonds. The number of nitro groups is 1. The van der Waals surface area contributed by atoms with Crippen molar-refractivity contribution in [2.75, 3.05) is 0 Å². The molecule has 0 atom stereocenters. The maximum Gasteiger partial charge on any atom is 1.00 e. The van der Waals surface area contributed by atoms with Crippen LogP contribution in [0.5, 0.6) is 5.75 Å². The fourth-order valence-electron chi connectivity index (χ4n) is 0.640. The Balaban J connectivity index is 0.00000121. The standard InChI is InChI=1S/C6H4ClNO3.Na/c7-6-4(8(10)11)2-1-3-5(6)9;/h1-3,9H;/q;+1/p-1. The van der Waals surface area contributed by atoms with Crippen molar-refractivity contribution in [3.8, 4) is 5.75 Å². The molecule has 0 saturated carbocycles. The summed E-state index contributed by atoms with van der Waals surface area (Å²) in [5.74, 6) is -0.527. The van der Waals surface area contributed by atoms with E-state index in [1.807, 2.05) is 0 Å². The van der Waals surface area contributed by atoms with Crippen molar-refractivity contribution in [2.24, 2.45) is 0 Å². The van der Waals surface area contributed by atoms with E-state index in [0.717, 1.165) is 0 Å². The van der Waals surface area contributed by atoms with E-state index < -0.39 is 10.7 Å². The molecule has 4 nitrogen and oxygen atoms in total. The number of nitro benzene ring substituents is 1. The molecule has 1 rings (SSSR count). The van der Waals surface area contributed by atoms with Gasteiger partial charge in [-0.3, -0.25) is 10.1 Å². The molecule has 58 valence electrons. The largest absolute Gasteiger partial charge is 1.00 e. The zero-order valence-electron chi connectivity index (χ0n) is 6.28. The number of hydrogen-bond acceptors (Lipinski definition) is 3. The minimum absolute atomic E-state index is 0. The van der Waals surface area contributed by atoms with Crippen LogP contribution in [0, 0.1) is 10.1 Å². The van der Waals surface area contributed by atoms with E-state index in [1.54, 1.807) is 0 Å². The molecule has 0 bridgehead atoms. The van der Waals surface area contributed by atoms with Crippen LogP contribution in [0.25, 0.3) is 0 Å². The van der Waals surface area contributed by atoms with Gasteiger partial charge in [0.25, 0.3) is 5.69 Å². The summed E-state index contributed by atoms with van der Waals surface area (Å²) >= 11 is 5.33. The summed E-state index contributed by atoms with van der Waals surface area (Å²) in [6, 6.07) is 3.66. The number of halogens is 1. The molecule has 1 aromatic rings. The first-order chi connectivity index (χ1) is 5.13. The molecule has 0 saturated heterocycles. The Labute approximate surface area is 95.6 Å². The average Bonchev–Trinajstić information content (AvgIpc) is 1.94. The van der Waals surface area contributed by atoms with Crippen LogP contribution in [0.1, 0.15) is 0 Å². The second kappa shape index (κ2) is 4.67. The van der Waals surface area contributed by atoms with Gasteiger partial charge in [0.2, 0.25) is 0 Å². The third kappa shape index (κ3) is 2.35. The summed E-state index contributed by atoms with van der Waals surface area (Å²) in [5.41, 5.74) is -0.348. The van der Waals surface area contributed by atoms with E-state index in [9.17, 15) is 15.2 Å². The molecule has 0 spiro atoms. The number of nitrogens with zero attached hydrogens (tertiary/aromatic N) is 1. The van der Waals surface area contributed by atoms with Crippen molar-refractivity contribution in [1.82, 2.24) is 0 Å². The Morgan fingerprint density at radius 2 is 2.00 bits per heavy atom. The molecule has 0 N–H and O–H groups in total. The van der Waals surface area contributed by atoms with E-state index >= 15 is 0 Å². The Morgan fingerprint density at radius 1 is 1.42 bits per heavy atom. The fraction of sp³-hybridized carbons (Fsp3) is 0. The molecular weight excluding hydrogens is 193 g/mol. The van der Waals surface area contributed by atoms with E-state index in [0.29, 0.717) is 0 Å². The second-order valence-electron chi connectivity index (χ2n) is 1.85. The van der Waals surface area contributed by atoms with Gasteiger partial charge < -0.3 is 5.11 Å². The third-order valence-corrected chi connectivity index (χ3v) is 1.52. The van der Waals surface area contributed by atoms with Crippen LogP contribution in [0.15, 0.2) is 18.2 Å². The zero-order valence-corrected chi connectivity index (χ0v) is 9.04. The van der Waals surface area contributed by atoms with Gasteiger partial charge in [0.15, 0.2) is 0 Å². The Hall–Kier alpha value is -0.290. The molecule has 0 heterocycles. The zero-order chi connectivity index (χ0) is 8.43. The van der Waals surface area contributed by atoms with Crippen LogP contribution in [0.2, 0.25) is 5.02 Å². The van der Waals surface area contributed by atoms with Gasteiger partial charge in [0.1, 0.15) is 5.02 Å². The third-order valence-electron chi connectivity index (χ3n) is 1.14. The quantitative estimate of drug-likeness (QED) is 0.306. The van der Waals surface area contributed by atoms with E-state index in [2.05, 4.69) is 0 Å². The molecule has 0 aliphatic rings. The van der Waals surface area contributed by atoms with Crippen molar-refractivity contribution >= 4 is 17.3 Å². The van der Waals surface area contributed by atoms with Gasteiger partial charge in [0, 0.05) is 6.07 Å². The SMILES string of the molecule is O=[N+]([O-])c1cccc([O-])c1Cl.[Na+]. The van der Waals surface area contributed by atoms with Gasteiger partial charge in [-0.25, -0.2) is 0 Å². The van der Waals surface area contributed by atoms with Gasteiger partial charge in [-0.05, 0) is 0 Å². The number of hydrogen-bond donors (Lipinski definition) is 0. The molecule has 0 radical (unpaired) electrons. The molecule has 0 fully saturated rings. The van der Waals surface area contributed by atoms with Crippen molar-refractivity contribution in [1.29, 1.82) is 0 Å². The fourth-order valence-corrected chi connectivity index (χ4v) is 0.835. The van der Waals surface area contributed by atoms with Crippen LogP contribution in [-0.4, -0.2) is 4.92 Å². The van der Waals surface area contributed by atoms with E-state index in [-0.39, 0.29) is 40.3 Å². The molecule has 0 aliphatic carbocycles. The molecule has 6 heteroatoms. The van der Waals surface area contributed by atoms with Crippen LogP contribution in [0.4, 0.5) is 5.69 Å². The topological polar surface area (TPSA) is 66.2 Å². The van der Waals surface area contributed by atoms with Crippen molar-refractivity contribution in [2.45, 2.75) is 0 Å². The summed E-state index contributed by atoms with van der Waals surface area (Å²) in [6.07, 6.45) is 0. The second-order valence-corrected chi connectivity index (χ2v) is 2.22. The maximum absolute atomic E-state index is 10.7. The van der Waals surface area contributed by atoms with Gasteiger partial charge in [-0.2, -0.15) is 0 Å². The van der Waals surface area contributed by atoms with Gasteiger partial charge in [-0.15, -0.1) is 0 Å². The van der Waals surface area contributed by atoms with Gasteiger partial charge >= 0.3 is 29.6 Å². The Kier molecular flexibility index (Phi) is 4.55. The number of benzene rings is 1. The predicted octanol–water partition coefficient (Wildman–Crippen LogP) is -1.67. The molecular formula is C6H3ClNNaO3. The maximum atomic E-state index is 10.7. The minimum Gasteiger partial charge on any atom is -0.871 e. The van der Waals surface area contributed by atoms with Gasteiger partial charge in [0.05, 0.1) is 4.92 Å².